The fourth-order valence-electron chi connectivity index (χ4n) is 1.46. The van der Waals surface area contributed by atoms with Crippen molar-refractivity contribution >= 4 is 35.4 Å². The van der Waals surface area contributed by atoms with Crippen LogP contribution in [0, 0.1) is 5.92 Å². The van der Waals surface area contributed by atoms with Gasteiger partial charge < -0.3 is 9.47 Å². The molecular formula is C12H11ClN2O4. The summed E-state index contributed by atoms with van der Waals surface area (Å²) in [5.74, 6) is -3.78. The lowest BCUT2D eigenvalue weighted by Gasteiger charge is -2.31. The van der Waals surface area contributed by atoms with Gasteiger partial charge >= 0.3 is 11.9 Å². The fourth-order valence-corrected chi connectivity index (χ4v) is 1.57. The van der Waals surface area contributed by atoms with Crippen LogP contribution in [0.3, 0.4) is 0 Å². The maximum atomic E-state index is 11.6. The number of cyclic esters (lactones) is 2. The minimum Gasteiger partial charge on any atom is -0.422 e. The molecule has 1 aromatic heterocycles. The zero-order valence-corrected chi connectivity index (χ0v) is 11.0. The van der Waals surface area contributed by atoms with E-state index in [9.17, 15) is 9.59 Å². The highest BCUT2D eigenvalue weighted by atomic mass is 35.5. The molecule has 1 aromatic rings. The van der Waals surface area contributed by atoms with E-state index in [1.54, 1.807) is 12.1 Å². The van der Waals surface area contributed by atoms with Gasteiger partial charge in [0.15, 0.2) is 5.92 Å². The van der Waals surface area contributed by atoms with Crippen molar-refractivity contribution in [3.8, 4) is 0 Å². The van der Waals surface area contributed by atoms with Gasteiger partial charge in [-0.3, -0.25) is 14.6 Å². The van der Waals surface area contributed by atoms with Gasteiger partial charge in [-0.1, -0.05) is 11.6 Å². The molecule has 0 aliphatic carbocycles. The summed E-state index contributed by atoms with van der Waals surface area (Å²) in [6.45, 7) is 2.97. The monoisotopic (exact) mass is 282 g/mol. The number of rotatable bonds is 2. The van der Waals surface area contributed by atoms with E-state index in [0.29, 0.717) is 10.8 Å². The van der Waals surface area contributed by atoms with Crippen LogP contribution in [0.2, 0.25) is 5.15 Å². The third-order valence-electron chi connectivity index (χ3n) is 2.29. The smallest absolute Gasteiger partial charge is 0.329 e. The van der Waals surface area contributed by atoms with Gasteiger partial charge in [-0.2, -0.15) is 0 Å². The van der Waals surface area contributed by atoms with Crippen molar-refractivity contribution < 1.29 is 19.1 Å². The molecule has 100 valence electrons. The van der Waals surface area contributed by atoms with E-state index in [1.807, 2.05) is 0 Å². The second kappa shape index (κ2) is 4.97. The van der Waals surface area contributed by atoms with Gasteiger partial charge in [0.05, 0.1) is 11.9 Å². The maximum absolute atomic E-state index is 11.6. The predicted octanol–water partition coefficient (Wildman–Crippen LogP) is 1.89. The molecule has 0 saturated carbocycles. The number of halogens is 1. The summed E-state index contributed by atoms with van der Waals surface area (Å²) < 4.78 is 9.91. The molecule has 6 nitrogen and oxygen atoms in total. The summed E-state index contributed by atoms with van der Waals surface area (Å²) in [7, 11) is 0. The predicted molar refractivity (Wildman–Crippen MR) is 67.2 cm³/mol. The Morgan fingerprint density at radius 2 is 1.95 bits per heavy atom. The zero-order chi connectivity index (χ0) is 14.0. The summed E-state index contributed by atoms with van der Waals surface area (Å²) in [5.41, 5.74) is 0.467. The highest BCUT2D eigenvalue weighted by Gasteiger charge is 2.42. The SMILES string of the molecule is CC1(C)OC(=O)C(C=Nc2ccc(Cl)nc2)C(=O)O1. The van der Waals surface area contributed by atoms with Gasteiger partial charge in [0.1, 0.15) is 5.15 Å². The molecule has 0 N–H and O–H groups in total. The number of ether oxygens (including phenoxy) is 2. The Morgan fingerprint density at radius 1 is 1.32 bits per heavy atom. The minimum atomic E-state index is -1.24. The Labute approximate surface area is 114 Å². The molecule has 0 spiro atoms. The van der Waals surface area contributed by atoms with E-state index in [1.165, 1.54) is 26.3 Å². The van der Waals surface area contributed by atoms with Crippen LogP contribution in [-0.2, 0) is 19.1 Å². The van der Waals surface area contributed by atoms with Crippen molar-refractivity contribution in [2.75, 3.05) is 0 Å². The van der Waals surface area contributed by atoms with E-state index < -0.39 is 23.6 Å². The Bertz CT molecular complexity index is 519. The molecule has 7 heteroatoms. The summed E-state index contributed by atoms with van der Waals surface area (Å²) in [5, 5.41) is 0.331. The molecule has 0 atom stereocenters. The fraction of sp³-hybridized carbons (Fsp3) is 0.333. The molecule has 1 fully saturated rings. The number of carbonyl (C=O) groups excluding carboxylic acids is 2. The normalized spacial score (nSPS) is 19.3. The van der Waals surface area contributed by atoms with Crippen molar-refractivity contribution in [3.63, 3.8) is 0 Å². The number of nitrogens with zero attached hydrogens (tertiary/aromatic N) is 2. The number of hydrogen-bond donors (Lipinski definition) is 0. The first-order chi connectivity index (χ1) is 8.87. The van der Waals surface area contributed by atoms with Crippen LogP contribution in [0.4, 0.5) is 5.69 Å². The van der Waals surface area contributed by atoms with E-state index in [2.05, 4.69) is 9.98 Å². The van der Waals surface area contributed by atoms with Gasteiger partial charge in [-0.25, -0.2) is 4.98 Å². The molecule has 2 rings (SSSR count). The molecule has 19 heavy (non-hydrogen) atoms. The average molecular weight is 283 g/mol. The van der Waals surface area contributed by atoms with E-state index in [4.69, 9.17) is 21.1 Å². The summed E-state index contributed by atoms with van der Waals surface area (Å²) in [6, 6.07) is 3.16. The molecule has 0 amide bonds. The van der Waals surface area contributed by atoms with Crippen LogP contribution in [0.15, 0.2) is 23.3 Å². The molecule has 0 bridgehead atoms. The highest BCUT2D eigenvalue weighted by Crippen LogP contribution is 2.22. The Morgan fingerprint density at radius 3 is 2.47 bits per heavy atom. The molecule has 1 saturated heterocycles. The van der Waals surface area contributed by atoms with Crippen LogP contribution in [-0.4, -0.2) is 28.9 Å². The Balaban J connectivity index is 2.12. The van der Waals surface area contributed by atoms with Gasteiger partial charge in [-0.05, 0) is 12.1 Å². The van der Waals surface area contributed by atoms with Gasteiger partial charge in [0.25, 0.3) is 5.79 Å². The second-order valence-electron chi connectivity index (χ2n) is 4.34. The van der Waals surface area contributed by atoms with Gasteiger partial charge in [0.2, 0.25) is 0 Å². The largest absolute Gasteiger partial charge is 0.422 e. The van der Waals surface area contributed by atoms with Crippen molar-refractivity contribution in [2.45, 2.75) is 19.6 Å². The number of carbonyl (C=O) groups is 2. The van der Waals surface area contributed by atoms with E-state index in [0.717, 1.165) is 0 Å². The molecule has 0 aromatic carbocycles. The van der Waals surface area contributed by atoms with Crippen LogP contribution in [0.1, 0.15) is 13.8 Å². The maximum Gasteiger partial charge on any atom is 0.329 e. The standard InChI is InChI=1S/C12H11ClN2O4/c1-12(2)18-10(16)8(11(17)19-12)6-14-7-3-4-9(13)15-5-7/h3-6,8H,1-2H3. The minimum absolute atomic E-state index is 0.331. The van der Waals surface area contributed by atoms with Crippen LogP contribution in [0.5, 0.6) is 0 Å². The summed E-state index contributed by atoms with van der Waals surface area (Å²) in [4.78, 5) is 31.1. The Hall–Kier alpha value is -1.95. The average Bonchev–Trinajstić information content (AvgIpc) is 2.29. The van der Waals surface area contributed by atoms with Crippen molar-refractivity contribution in [1.29, 1.82) is 0 Å². The summed E-state index contributed by atoms with van der Waals surface area (Å²) >= 11 is 5.63. The molecule has 1 aliphatic rings. The van der Waals surface area contributed by atoms with Crippen molar-refractivity contribution in [2.24, 2.45) is 10.9 Å². The second-order valence-corrected chi connectivity index (χ2v) is 4.72. The first-order valence-corrected chi connectivity index (χ1v) is 5.87. The lowest BCUT2D eigenvalue weighted by Crippen LogP contribution is -2.46. The van der Waals surface area contributed by atoms with Gasteiger partial charge in [0, 0.05) is 20.1 Å². The number of aromatic nitrogens is 1. The molecular weight excluding hydrogens is 272 g/mol. The van der Waals surface area contributed by atoms with Crippen molar-refractivity contribution in [3.05, 3.63) is 23.5 Å². The lowest BCUT2D eigenvalue weighted by molar-refractivity contribution is -0.235. The highest BCUT2D eigenvalue weighted by molar-refractivity contribution is 6.29. The quantitative estimate of drug-likeness (QED) is 0.358. The first-order valence-electron chi connectivity index (χ1n) is 5.49. The third-order valence-corrected chi connectivity index (χ3v) is 2.51. The van der Waals surface area contributed by atoms with Gasteiger partial charge in [-0.15, -0.1) is 0 Å². The van der Waals surface area contributed by atoms with Crippen LogP contribution < -0.4 is 0 Å². The van der Waals surface area contributed by atoms with E-state index in [-0.39, 0.29) is 0 Å². The summed E-state index contributed by atoms with van der Waals surface area (Å²) in [6.07, 6.45) is 2.59. The van der Waals surface area contributed by atoms with Crippen LogP contribution in [0.25, 0.3) is 0 Å². The molecule has 0 unspecified atom stereocenters. The molecule has 2 heterocycles. The number of pyridine rings is 1. The number of hydrogen-bond acceptors (Lipinski definition) is 6. The van der Waals surface area contributed by atoms with E-state index >= 15 is 0 Å². The topological polar surface area (TPSA) is 77.9 Å². The third kappa shape index (κ3) is 3.29. The van der Waals surface area contributed by atoms with Crippen LogP contribution >= 0.6 is 11.6 Å². The Kier molecular flexibility index (Phi) is 3.53. The van der Waals surface area contributed by atoms with Crippen molar-refractivity contribution in [1.82, 2.24) is 4.98 Å². The zero-order valence-electron chi connectivity index (χ0n) is 10.3. The molecule has 1 aliphatic heterocycles. The number of aliphatic imine (C=N–C) groups is 1. The molecule has 0 radical (unpaired) electrons. The number of esters is 2. The lowest BCUT2D eigenvalue weighted by atomic mass is 10.1. The first kappa shape index (κ1) is 13.5.